The van der Waals surface area contributed by atoms with E-state index in [1.165, 1.54) is 43.7 Å². The van der Waals surface area contributed by atoms with E-state index in [2.05, 4.69) is 203 Å². The third kappa shape index (κ3) is 4.57. The molecule has 0 amide bonds. The van der Waals surface area contributed by atoms with Crippen LogP contribution in [0.5, 0.6) is 0 Å². The standard InChI is InChI=1S/C47H34N4/c1-49-43(34-22-10-4-11-23-34)31-40(33-20-8-3-9-21-33)48-47(49)51-42-29-17-15-27-37(42)44-38(32-18-6-2-7-19-32)30-39-36-26-14-16-28-41(36)50(45(39)46(44)51)35-24-12-5-13-25-35/h2-31,47H,1H3. The minimum atomic E-state index is -0.376. The summed E-state index contributed by atoms with van der Waals surface area (Å²) in [6.07, 6.45) is 1.86. The molecule has 0 bridgehead atoms. The van der Waals surface area contributed by atoms with Crippen molar-refractivity contribution in [2.24, 2.45) is 4.99 Å². The van der Waals surface area contributed by atoms with Gasteiger partial charge in [0.2, 0.25) is 6.29 Å². The molecular weight excluding hydrogens is 621 g/mol. The highest BCUT2D eigenvalue weighted by atomic mass is 15.4. The van der Waals surface area contributed by atoms with Crippen LogP contribution in [0.1, 0.15) is 17.4 Å². The molecule has 1 atom stereocenters. The minimum absolute atomic E-state index is 0.376. The van der Waals surface area contributed by atoms with Crippen molar-refractivity contribution < 1.29 is 0 Å². The highest BCUT2D eigenvalue weighted by Crippen LogP contribution is 2.47. The largest absolute Gasteiger partial charge is 0.335 e. The van der Waals surface area contributed by atoms with Gasteiger partial charge < -0.3 is 9.47 Å². The Bertz CT molecular complexity index is 2790. The summed E-state index contributed by atoms with van der Waals surface area (Å²) in [5.41, 5.74) is 12.5. The maximum Gasteiger partial charge on any atom is 0.203 e. The molecule has 7 aromatic carbocycles. The van der Waals surface area contributed by atoms with Crippen LogP contribution in [0.2, 0.25) is 0 Å². The van der Waals surface area contributed by atoms with Crippen molar-refractivity contribution in [2.75, 3.05) is 7.05 Å². The van der Waals surface area contributed by atoms with Gasteiger partial charge in [0.25, 0.3) is 0 Å². The van der Waals surface area contributed by atoms with Crippen molar-refractivity contribution in [2.45, 2.75) is 6.29 Å². The third-order valence-electron chi connectivity index (χ3n) is 10.3. The lowest BCUT2D eigenvalue weighted by molar-refractivity contribution is 0.282. The van der Waals surface area contributed by atoms with Crippen LogP contribution in [0.3, 0.4) is 0 Å². The van der Waals surface area contributed by atoms with Crippen molar-refractivity contribution in [3.8, 4) is 16.8 Å². The molecule has 0 saturated carbocycles. The van der Waals surface area contributed by atoms with Crippen molar-refractivity contribution in [1.82, 2.24) is 14.0 Å². The normalized spacial score (nSPS) is 14.8. The van der Waals surface area contributed by atoms with Gasteiger partial charge >= 0.3 is 0 Å². The molecule has 4 heteroatoms. The van der Waals surface area contributed by atoms with Gasteiger partial charge in [-0.05, 0) is 58.7 Å². The summed E-state index contributed by atoms with van der Waals surface area (Å²) in [6, 6.07) is 63.0. The third-order valence-corrected chi connectivity index (χ3v) is 10.3. The van der Waals surface area contributed by atoms with E-state index in [1.807, 2.05) is 0 Å². The van der Waals surface area contributed by atoms with E-state index in [4.69, 9.17) is 4.99 Å². The van der Waals surface area contributed by atoms with Crippen molar-refractivity contribution >= 4 is 55.0 Å². The predicted molar refractivity (Wildman–Crippen MR) is 213 cm³/mol. The molecule has 1 aliphatic heterocycles. The Morgan fingerprint density at radius 2 is 1.04 bits per heavy atom. The lowest BCUT2D eigenvalue weighted by atomic mass is 9.96. The molecule has 2 aromatic heterocycles. The lowest BCUT2D eigenvalue weighted by Crippen LogP contribution is -2.31. The van der Waals surface area contributed by atoms with Gasteiger partial charge in [0, 0.05) is 40.0 Å². The number of para-hydroxylation sites is 3. The molecule has 1 unspecified atom stereocenters. The first kappa shape index (κ1) is 29.3. The first-order valence-corrected chi connectivity index (χ1v) is 17.5. The fourth-order valence-electron chi connectivity index (χ4n) is 8.06. The van der Waals surface area contributed by atoms with E-state index in [-0.39, 0.29) is 6.29 Å². The first-order chi connectivity index (χ1) is 25.3. The van der Waals surface area contributed by atoms with Crippen LogP contribution < -0.4 is 0 Å². The van der Waals surface area contributed by atoms with E-state index in [0.717, 1.165) is 39.3 Å². The molecule has 9 aromatic rings. The monoisotopic (exact) mass is 654 g/mol. The molecule has 3 heterocycles. The minimum Gasteiger partial charge on any atom is -0.335 e. The van der Waals surface area contributed by atoms with Gasteiger partial charge in [-0.2, -0.15) is 0 Å². The van der Waals surface area contributed by atoms with Crippen molar-refractivity contribution in [1.29, 1.82) is 0 Å². The second-order valence-corrected chi connectivity index (χ2v) is 13.2. The van der Waals surface area contributed by atoms with Gasteiger partial charge in [0.15, 0.2) is 0 Å². The fraction of sp³-hybridized carbons (Fsp3) is 0.0426. The van der Waals surface area contributed by atoms with E-state index < -0.39 is 0 Å². The van der Waals surface area contributed by atoms with Crippen LogP contribution in [0.4, 0.5) is 0 Å². The van der Waals surface area contributed by atoms with Gasteiger partial charge in [-0.15, -0.1) is 0 Å². The molecule has 0 spiro atoms. The van der Waals surface area contributed by atoms with Crippen LogP contribution in [-0.2, 0) is 0 Å². The number of rotatable bonds is 5. The number of benzene rings is 7. The van der Waals surface area contributed by atoms with Crippen LogP contribution in [-0.4, -0.2) is 26.8 Å². The number of aliphatic imine (C=N–C) groups is 1. The quantitative estimate of drug-likeness (QED) is 0.181. The zero-order chi connectivity index (χ0) is 33.9. The van der Waals surface area contributed by atoms with Crippen molar-refractivity contribution in [3.05, 3.63) is 193 Å². The number of aromatic nitrogens is 2. The van der Waals surface area contributed by atoms with Gasteiger partial charge in [0.1, 0.15) is 0 Å². The Balaban J connectivity index is 1.41. The van der Waals surface area contributed by atoms with E-state index in [0.29, 0.717) is 0 Å². The fourth-order valence-corrected chi connectivity index (χ4v) is 8.06. The summed E-state index contributed by atoms with van der Waals surface area (Å²) in [4.78, 5) is 7.97. The van der Waals surface area contributed by atoms with Crippen LogP contribution in [0.15, 0.2) is 187 Å². The summed E-state index contributed by atoms with van der Waals surface area (Å²) in [7, 11) is 2.18. The first-order valence-electron chi connectivity index (χ1n) is 17.5. The molecule has 51 heavy (non-hydrogen) atoms. The predicted octanol–water partition coefficient (Wildman–Crippen LogP) is 11.5. The topological polar surface area (TPSA) is 25.5 Å². The summed E-state index contributed by atoms with van der Waals surface area (Å²) >= 11 is 0. The SMILES string of the molecule is CN1C(c2ccccc2)=CC(c2ccccc2)=NC1n1c2ccccc2c2c(-c3ccccc3)cc3c4ccccc4n(-c4ccccc4)c3c21. The van der Waals surface area contributed by atoms with Gasteiger partial charge in [0.05, 0.1) is 27.8 Å². The number of hydrogen-bond acceptors (Lipinski definition) is 2. The Hall–Kier alpha value is -6.65. The summed E-state index contributed by atoms with van der Waals surface area (Å²) in [5.74, 6) is 0. The van der Waals surface area contributed by atoms with Gasteiger partial charge in [-0.25, -0.2) is 4.99 Å². The molecule has 1 aliphatic rings. The Morgan fingerprint density at radius 1 is 0.490 bits per heavy atom. The highest BCUT2D eigenvalue weighted by molar-refractivity contribution is 6.27. The van der Waals surface area contributed by atoms with Crippen LogP contribution in [0.25, 0.3) is 66.1 Å². The van der Waals surface area contributed by atoms with Gasteiger partial charge in [-0.1, -0.05) is 146 Å². The zero-order valence-corrected chi connectivity index (χ0v) is 28.2. The molecule has 0 saturated heterocycles. The van der Waals surface area contributed by atoms with Gasteiger partial charge in [-0.3, -0.25) is 4.57 Å². The second-order valence-electron chi connectivity index (χ2n) is 13.2. The van der Waals surface area contributed by atoms with E-state index >= 15 is 0 Å². The zero-order valence-electron chi connectivity index (χ0n) is 28.2. The maximum atomic E-state index is 5.64. The molecule has 242 valence electrons. The Morgan fingerprint density at radius 3 is 1.73 bits per heavy atom. The maximum absolute atomic E-state index is 5.64. The molecule has 0 aliphatic carbocycles. The summed E-state index contributed by atoms with van der Waals surface area (Å²) < 4.78 is 4.95. The molecule has 0 radical (unpaired) electrons. The molecule has 4 nitrogen and oxygen atoms in total. The molecule has 10 rings (SSSR count). The number of fused-ring (bicyclic) bond motifs is 7. The van der Waals surface area contributed by atoms with Crippen molar-refractivity contribution in [3.63, 3.8) is 0 Å². The molecular formula is C47H34N4. The van der Waals surface area contributed by atoms with Crippen LogP contribution in [0, 0.1) is 0 Å². The summed E-state index contributed by atoms with van der Waals surface area (Å²) in [5, 5.41) is 4.88. The average molecular weight is 655 g/mol. The summed E-state index contributed by atoms with van der Waals surface area (Å²) in [6.45, 7) is 0. The number of allylic oxidation sites excluding steroid dienone is 1. The average Bonchev–Trinajstić information content (AvgIpc) is 3.72. The van der Waals surface area contributed by atoms with Crippen LogP contribution >= 0.6 is 0 Å². The second kappa shape index (κ2) is 11.7. The highest BCUT2D eigenvalue weighted by Gasteiger charge is 2.31. The Kier molecular flexibility index (Phi) is 6.75. The van der Waals surface area contributed by atoms with E-state index in [1.54, 1.807) is 0 Å². The molecule has 0 fully saturated rings. The smallest absolute Gasteiger partial charge is 0.203 e. The number of hydrogen-bond donors (Lipinski definition) is 0. The Labute approximate surface area is 296 Å². The van der Waals surface area contributed by atoms with E-state index in [9.17, 15) is 0 Å². The number of nitrogens with zero attached hydrogens (tertiary/aromatic N) is 4. The lowest BCUT2D eigenvalue weighted by Gasteiger charge is -2.35. The molecule has 0 N–H and O–H groups in total.